The molecule has 1 aromatic carbocycles. The molecule has 1 heterocycles. The van der Waals surface area contributed by atoms with E-state index in [-0.39, 0.29) is 11.9 Å². The first-order chi connectivity index (χ1) is 7.18. The molecule has 1 fully saturated rings. The summed E-state index contributed by atoms with van der Waals surface area (Å²) in [4.78, 5) is 0. The zero-order valence-corrected chi connectivity index (χ0v) is 8.65. The fourth-order valence-corrected chi connectivity index (χ4v) is 1.66. The molecule has 0 aliphatic carbocycles. The largest absolute Gasteiger partial charge is 0.486 e. The van der Waals surface area contributed by atoms with Crippen LogP contribution in [0.5, 0.6) is 5.75 Å². The average molecular weight is 234 g/mol. The lowest BCUT2D eigenvalue weighted by Gasteiger charge is -2.13. The van der Waals surface area contributed by atoms with Crippen LogP contribution < -0.4 is 10.1 Å². The summed E-state index contributed by atoms with van der Waals surface area (Å²) in [5.41, 5.74) is 0. The summed E-state index contributed by atoms with van der Waals surface area (Å²) in [6.07, 6.45) is 0.745. The van der Waals surface area contributed by atoms with Gasteiger partial charge in [-0.25, -0.2) is 8.78 Å². The molecule has 1 aliphatic rings. The summed E-state index contributed by atoms with van der Waals surface area (Å²) < 4.78 is 31.6. The van der Waals surface area contributed by atoms with Crippen molar-refractivity contribution >= 4 is 11.6 Å². The molecule has 0 saturated carbocycles. The van der Waals surface area contributed by atoms with Gasteiger partial charge in [0.15, 0.2) is 11.6 Å². The number of nitrogens with one attached hydrogen (secondary N) is 1. The molecule has 15 heavy (non-hydrogen) atoms. The summed E-state index contributed by atoms with van der Waals surface area (Å²) in [6, 6.07) is 2.36. The van der Waals surface area contributed by atoms with Crippen LogP contribution in [0.1, 0.15) is 6.42 Å². The first kappa shape index (κ1) is 10.6. The fraction of sp³-hybridized carbons (Fsp3) is 0.400. The van der Waals surface area contributed by atoms with Crippen molar-refractivity contribution in [2.45, 2.75) is 12.5 Å². The van der Waals surface area contributed by atoms with Crippen molar-refractivity contribution in [3.8, 4) is 5.75 Å². The predicted octanol–water partition coefficient (Wildman–Crippen LogP) is 2.36. The van der Waals surface area contributed by atoms with E-state index in [9.17, 15) is 8.78 Å². The summed E-state index contributed by atoms with van der Waals surface area (Å²) in [6.45, 7) is 1.52. The van der Waals surface area contributed by atoms with Gasteiger partial charge in [-0.1, -0.05) is 11.6 Å². The Hall–Kier alpha value is -0.870. The Morgan fingerprint density at radius 1 is 1.40 bits per heavy atom. The molecule has 5 heteroatoms. The molecule has 0 radical (unpaired) electrons. The summed E-state index contributed by atoms with van der Waals surface area (Å²) >= 11 is 5.42. The Morgan fingerprint density at radius 3 is 2.87 bits per heavy atom. The summed E-state index contributed by atoms with van der Waals surface area (Å²) in [5.74, 6) is -1.59. The highest BCUT2D eigenvalue weighted by atomic mass is 35.5. The minimum absolute atomic E-state index is 0.00935. The van der Waals surface area contributed by atoms with Crippen molar-refractivity contribution in [2.75, 3.05) is 13.1 Å². The Kier molecular flexibility index (Phi) is 3.07. The first-order valence-corrected chi connectivity index (χ1v) is 5.07. The van der Waals surface area contributed by atoms with E-state index in [4.69, 9.17) is 16.3 Å². The van der Waals surface area contributed by atoms with E-state index in [2.05, 4.69) is 5.32 Å². The van der Waals surface area contributed by atoms with Gasteiger partial charge in [-0.05, 0) is 25.1 Å². The Balaban J connectivity index is 2.17. The van der Waals surface area contributed by atoms with Crippen LogP contribution in [0.15, 0.2) is 12.1 Å². The molecule has 0 bridgehead atoms. The Morgan fingerprint density at radius 2 is 2.20 bits per heavy atom. The highest BCUT2D eigenvalue weighted by Gasteiger charge is 2.19. The van der Waals surface area contributed by atoms with E-state index in [1.807, 2.05) is 0 Å². The maximum Gasteiger partial charge on any atom is 0.186 e. The van der Waals surface area contributed by atoms with E-state index in [1.165, 1.54) is 6.07 Å². The number of hydrogen-bond acceptors (Lipinski definition) is 2. The highest BCUT2D eigenvalue weighted by Crippen LogP contribution is 2.28. The van der Waals surface area contributed by atoms with Gasteiger partial charge >= 0.3 is 0 Å². The SMILES string of the molecule is Fc1ccc(OC2CCNC2)c(F)c1Cl. The van der Waals surface area contributed by atoms with Crippen LogP contribution in [-0.2, 0) is 0 Å². The van der Waals surface area contributed by atoms with E-state index >= 15 is 0 Å². The number of halogens is 3. The van der Waals surface area contributed by atoms with Crippen molar-refractivity contribution in [1.82, 2.24) is 5.32 Å². The van der Waals surface area contributed by atoms with Crippen LogP contribution in [0.3, 0.4) is 0 Å². The number of ether oxygens (including phenoxy) is 1. The molecule has 82 valence electrons. The van der Waals surface area contributed by atoms with Gasteiger partial charge in [-0.2, -0.15) is 0 Å². The molecule has 1 saturated heterocycles. The van der Waals surface area contributed by atoms with E-state index in [0.29, 0.717) is 6.54 Å². The first-order valence-electron chi connectivity index (χ1n) is 4.69. The summed E-state index contributed by atoms with van der Waals surface area (Å²) in [7, 11) is 0. The van der Waals surface area contributed by atoms with Gasteiger partial charge in [-0.3, -0.25) is 0 Å². The lowest BCUT2D eigenvalue weighted by molar-refractivity contribution is 0.212. The highest BCUT2D eigenvalue weighted by molar-refractivity contribution is 6.31. The predicted molar refractivity (Wildman–Crippen MR) is 53.3 cm³/mol. The van der Waals surface area contributed by atoms with Crippen molar-refractivity contribution < 1.29 is 13.5 Å². The maximum absolute atomic E-state index is 13.4. The topological polar surface area (TPSA) is 21.3 Å². The van der Waals surface area contributed by atoms with Gasteiger partial charge in [0.25, 0.3) is 0 Å². The Labute approximate surface area is 91.2 Å². The molecule has 1 atom stereocenters. The van der Waals surface area contributed by atoms with Crippen LogP contribution in [0.2, 0.25) is 5.02 Å². The zero-order chi connectivity index (χ0) is 10.8. The molecule has 1 N–H and O–H groups in total. The van der Waals surface area contributed by atoms with Gasteiger partial charge in [-0.15, -0.1) is 0 Å². The van der Waals surface area contributed by atoms with E-state index < -0.39 is 16.7 Å². The molecular formula is C10H10ClF2NO. The maximum atomic E-state index is 13.4. The molecule has 2 rings (SSSR count). The number of hydrogen-bond donors (Lipinski definition) is 1. The van der Waals surface area contributed by atoms with Crippen molar-refractivity contribution in [3.63, 3.8) is 0 Å². The van der Waals surface area contributed by atoms with Crippen LogP contribution in [-0.4, -0.2) is 19.2 Å². The third-order valence-corrected chi connectivity index (χ3v) is 2.65. The van der Waals surface area contributed by atoms with Crippen molar-refractivity contribution in [3.05, 3.63) is 28.8 Å². The molecule has 1 aliphatic heterocycles. The molecule has 1 unspecified atom stereocenters. The minimum atomic E-state index is -0.830. The monoisotopic (exact) mass is 233 g/mol. The van der Waals surface area contributed by atoms with Crippen LogP contribution in [0.25, 0.3) is 0 Å². The van der Waals surface area contributed by atoms with Gasteiger partial charge in [0.2, 0.25) is 0 Å². The molecule has 2 nitrogen and oxygen atoms in total. The van der Waals surface area contributed by atoms with Gasteiger partial charge in [0, 0.05) is 6.54 Å². The number of rotatable bonds is 2. The number of benzene rings is 1. The van der Waals surface area contributed by atoms with Crippen molar-refractivity contribution in [2.24, 2.45) is 0 Å². The molecular weight excluding hydrogens is 224 g/mol. The Bertz CT molecular complexity index is 367. The second kappa shape index (κ2) is 4.33. The summed E-state index contributed by atoms with van der Waals surface area (Å²) in [5, 5.41) is 2.57. The second-order valence-electron chi connectivity index (χ2n) is 3.41. The fourth-order valence-electron chi connectivity index (χ4n) is 1.51. The normalized spacial score (nSPS) is 20.6. The standard InChI is InChI=1S/C10H10ClF2NO/c11-9-7(12)1-2-8(10(9)13)15-6-3-4-14-5-6/h1-2,6,14H,3-5H2. The smallest absolute Gasteiger partial charge is 0.186 e. The molecule has 1 aromatic rings. The third kappa shape index (κ3) is 2.21. The van der Waals surface area contributed by atoms with Crippen LogP contribution >= 0.6 is 11.6 Å². The minimum Gasteiger partial charge on any atom is -0.486 e. The molecule has 0 spiro atoms. The lowest BCUT2D eigenvalue weighted by atomic mass is 10.3. The van der Waals surface area contributed by atoms with Crippen molar-refractivity contribution in [1.29, 1.82) is 0 Å². The average Bonchev–Trinajstić information content (AvgIpc) is 2.72. The van der Waals surface area contributed by atoms with E-state index in [1.54, 1.807) is 0 Å². The second-order valence-corrected chi connectivity index (χ2v) is 3.78. The van der Waals surface area contributed by atoms with Crippen LogP contribution in [0, 0.1) is 11.6 Å². The zero-order valence-electron chi connectivity index (χ0n) is 7.90. The van der Waals surface area contributed by atoms with Gasteiger partial charge < -0.3 is 10.1 Å². The van der Waals surface area contributed by atoms with Crippen LogP contribution in [0.4, 0.5) is 8.78 Å². The lowest BCUT2D eigenvalue weighted by Crippen LogP contribution is -2.20. The third-order valence-electron chi connectivity index (χ3n) is 2.31. The van der Waals surface area contributed by atoms with Gasteiger partial charge in [0.05, 0.1) is 0 Å². The van der Waals surface area contributed by atoms with E-state index in [0.717, 1.165) is 19.0 Å². The molecule has 0 amide bonds. The molecule has 0 aromatic heterocycles. The quantitative estimate of drug-likeness (QED) is 0.792. The van der Waals surface area contributed by atoms with Gasteiger partial charge in [0.1, 0.15) is 16.9 Å².